The third-order valence-electron chi connectivity index (χ3n) is 3.86. The molecule has 3 unspecified atom stereocenters. The molecule has 0 saturated carbocycles. The van der Waals surface area contributed by atoms with Gasteiger partial charge in [-0.25, -0.2) is 4.39 Å². The van der Waals surface area contributed by atoms with Gasteiger partial charge >= 0.3 is 0 Å². The number of halogens is 1. The Hall–Kier alpha value is -1.46. The highest BCUT2D eigenvalue weighted by Crippen LogP contribution is 2.24. The van der Waals surface area contributed by atoms with E-state index in [0.717, 1.165) is 12.0 Å². The molecule has 4 nitrogen and oxygen atoms in total. The molecule has 0 radical (unpaired) electrons. The summed E-state index contributed by atoms with van der Waals surface area (Å²) in [5.41, 5.74) is 6.46. The first kappa shape index (κ1) is 15.9. The molecule has 0 aliphatic carbocycles. The number of rotatable bonds is 5. The zero-order chi connectivity index (χ0) is 15.4. The minimum absolute atomic E-state index is 0.0240. The number of hydrogen-bond acceptors (Lipinski definition) is 3. The summed E-state index contributed by atoms with van der Waals surface area (Å²) < 4.78 is 18.6. The van der Waals surface area contributed by atoms with Gasteiger partial charge in [0.25, 0.3) is 0 Å². The topological polar surface area (TPSA) is 64.4 Å². The van der Waals surface area contributed by atoms with Crippen LogP contribution in [0.1, 0.15) is 38.3 Å². The van der Waals surface area contributed by atoms with Crippen molar-refractivity contribution in [2.24, 2.45) is 11.7 Å². The van der Waals surface area contributed by atoms with Crippen molar-refractivity contribution in [1.29, 1.82) is 0 Å². The number of nitrogens with two attached hydrogens (primary N) is 1. The summed E-state index contributed by atoms with van der Waals surface area (Å²) in [7, 11) is 0. The first-order chi connectivity index (χ1) is 10.0. The summed E-state index contributed by atoms with van der Waals surface area (Å²) >= 11 is 0. The van der Waals surface area contributed by atoms with Crippen molar-refractivity contribution >= 4 is 5.91 Å². The second kappa shape index (κ2) is 7.00. The van der Waals surface area contributed by atoms with Crippen LogP contribution in [0.25, 0.3) is 0 Å². The van der Waals surface area contributed by atoms with E-state index < -0.39 is 6.10 Å². The normalized spacial score (nSPS) is 23.3. The van der Waals surface area contributed by atoms with Gasteiger partial charge in [-0.05, 0) is 36.5 Å². The van der Waals surface area contributed by atoms with Gasteiger partial charge in [0.05, 0.1) is 12.1 Å². The van der Waals surface area contributed by atoms with Crippen LogP contribution in [0.2, 0.25) is 0 Å². The Morgan fingerprint density at radius 2 is 2.05 bits per heavy atom. The van der Waals surface area contributed by atoms with Gasteiger partial charge in [0, 0.05) is 6.54 Å². The summed E-state index contributed by atoms with van der Waals surface area (Å²) in [5, 5.41) is 3.01. The monoisotopic (exact) mass is 294 g/mol. The van der Waals surface area contributed by atoms with Crippen molar-refractivity contribution in [3.63, 3.8) is 0 Å². The summed E-state index contributed by atoms with van der Waals surface area (Å²) in [6.45, 7) is 4.48. The van der Waals surface area contributed by atoms with Crippen LogP contribution in [-0.4, -0.2) is 24.7 Å². The average molecular weight is 294 g/mol. The van der Waals surface area contributed by atoms with E-state index in [9.17, 15) is 9.18 Å². The van der Waals surface area contributed by atoms with Crippen LogP contribution in [0, 0.1) is 11.7 Å². The molecule has 5 heteroatoms. The first-order valence-electron chi connectivity index (χ1n) is 7.42. The SMILES string of the molecule is CC(C)C(NC(=O)C1CCC(CN)O1)c1ccc(F)cc1. The van der Waals surface area contributed by atoms with E-state index in [0.29, 0.717) is 13.0 Å². The van der Waals surface area contributed by atoms with Gasteiger partial charge in [0.1, 0.15) is 11.9 Å². The van der Waals surface area contributed by atoms with Crippen LogP contribution < -0.4 is 11.1 Å². The summed E-state index contributed by atoms with van der Waals surface area (Å²) in [6.07, 6.45) is 1.06. The Kier molecular flexibility index (Phi) is 5.31. The zero-order valence-corrected chi connectivity index (χ0v) is 12.5. The first-order valence-corrected chi connectivity index (χ1v) is 7.42. The van der Waals surface area contributed by atoms with Crippen LogP contribution in [0.15, 0.2) is 24.3 Å². The van der Waals surface area contributed by atoms with Gasteiger partial charge in [-0.15, -0.1) is 0 Å². The largest absolute Gasteiger partial charge is 0.364 e. The summed E-state index contributed by atoms with van der Waals surface area (Å²) in [5.74, 6) is -0.197. The Morgan fingerprint density at radius 1 is 1.38 bits per heavy atom. The average Bonchev–Trinajstić information content (AvgIpc) is 2.94. The molecular formula is C16H23FN2O2. The third kappa shape index (κ3) is 4.02. The summed E-state index contributed by atoms with van der Waals surface area (Å²) in [6, 6.07) is 6.08. The van der Waals surface area contributed by atoms with E-state index in [1.807, 2.05) is 13.8 Å². The van der Waals surface area contributed by atoms with Crippen LogP contribution in [0.5, 0.6) is 0 Å². The Morgan fingerprint density at radius 3 is 2.57 bits per heavy atom. The molecule has 1 saturated heterocycles. The molecule has 0 spiro atoms. The van der Waals surface area contributed by atoms with E-state index in [2.05, 4.69) is 5.32 Å². The lowest BCUT2D eigenvalue weighted by Gasteiger charge is -2.24. The molecule has 1 aliphatic rings. The van der Waals surface area contributed by atoms with Crippen LogP contribution >= 0.6 is 0 Å². The number of carbonyl (C=O) groups is 1. The highest BCUT2D eigenvalue weighted by molar-refractivity contribution is 5.81. The highest BCUT2D eigenvalue weighted by atomic mass is 19.1. The van der Waals surface area contributed by atoms with E-state index >= 15 is 0 Å². The lowest BCUT2D eigenvalue weighted by molar-refractivity contribution is -0.133. The van der Waals surface area contributed by atoms with Crippen molar-refractivity contribution in [1.82, 2.24) is 5.32 Å². The van der Waals surface area contributed by atoms with Gasteiger partial charge in [-0.2, -0.15) is 0 Å². The van der Waals surface area contributed by atoms with E-state index in [4.69, 9.17) is 10.5 Å². The predicted octanol–water partition coefficient (Wildman–Crippen LogP) is 2.15. The number of carbonyl (C=O) groups excluding carboxylic acids is 1. The number of nitrogens with one attached hydrogen (secondary N) is 1. The predicted molar refractivity (Wildman–Crippen MR) is 79.1 cm³/mol. The maximum Gasteiger partial charge on any atom is 0.249 e. The fourth-order valence-electron chi connectivity index (χ4n) is 2.62. The molecule has 21 heavy (non-hydrogen) atoms. The Balaban J connectivity index is 2.03. The second-order valence-corrected chi connectivity index (χ2v) is 5.84. The van der Waals surface area contributed by atoms with Gasteiger partial charge in [0.2, 0.25) is 5.91 Å². The molecule has 1 aliphatic heterocycles. The number of amides is 1. The van der Waals surface area contributed by atoms with Crippen molar-refractivity contribution in [2.45, 2.75) is 44.9 Å². The highest BCUT2D eigenvalue weighted by Gasteiger charge is 2.31. The minimum atomic E-state index is -0.430. The maximum absolute atomic E-state index is 13.0. The Labute approximate surface area is 124 Å². The van der Waals surface area contributed by atoms with Crippen LogP contribution in [0.3, 0.4) is 0 Å². The van der Waals surface area contributed by atoms with E-state index in [1.54, 1.807) is 12.1 Å². The minimum Gasteiger partial charge on any atom is -0.364 e. The molecule has 3 atom stereocenters. The van der Waals surface area contributed by atoms with Gasteiger partial charge < -0.3 is 15.8 Å². The number of benzene rings is 1. The molecule has 1 fully saturated rings. The van der Waals surface area contributed by atoms with Gasteiger partial charge in [-0.3, -0.25) is 4.79 Å². The smallest absolute Gasteiger partial charge is 0.249 e. The lowest BCUT2D eigenvalue weighted by Crippen LogP contribution is -2.39. The van der Waals surface area contributed by atoms with Crippen LogP contribution in [-0.2, 0) is 9.53 Å². The fraction of sp³-hybridized carbons (Fsp3) is 0.562. The molecule has 116 valence electrons. The molecule has 2 rings (SSSR count). The molecule has 0 aromatic heterocycles. The molecule has 1 aromatic carbocycles. The van der Waals surface area contributed by atoms with Crippen molar-refractivity contribution < 1.29 is 13.9 Å². The zero-order valence-electron chi connectivity index (χ0n) is 12.5. The third-order valence-corrected chi connectivity index (χ3v) is 3.86. The summed E-state index contributed by atoms with van der Waals surface area (Å²) in [4.78, 5) is 12.3. The molecule has 0 bridgehead atoms. The van der Waals surface area contributed by atoms with Crippen molar-refractivity contribution in [3.05, 3.63) is 35.6 Å². The van der Waals surface area contributed by atoms with Crippen LogP contribution in [0.4, 0.5) is 4.39 Å². The molecule has 3 N–H and O–H groups in total. The maximum atomic E-state index is 13.0. The van der Waals surface area contributed by atoms with Crippen molar-refractivity contribution in [2.75, 3.05) is 6.54 Å². The van der Waals surface area contributed by atoms with Gasteiger partial charge in [0.15, 0.2) is 0 Å². The molecular weight excluding hydrogens is 271 g/mol. The second-order valence-electron chi connectivity index (χ2n) is 5.84. The lowest BCUT2D eigenvalue weighted by atomic mass is 9.95. The molecule has 1 heterocycles. The van der Waals surface area contributed by atoms with E-state index in [1.165, 1.54) is 12.1 Å². The molecule has 1 aromatic rings. The van der Waals surface area contributed by atoms with E-state index in [-0.39, 0.29) is 29.8 Å². The van der Waals surface area contributed by atoms with Crippen molar-refractivity contribution in [3.8, 4) is 0 Å². The quantitative estimate of drug-likeness (QED) is 0.874. The number of ether oxygens (including phenoxy) is 1. The standard InChI is InChI=1S/C16H23FN2O2/c1-10(2)15(11-3-5-12(17)6-4-11)19-16(20)14-8-7-13(9-18)21-14/h3-6,10,13-15H,7-9,18H2,1-2H3,(H,19,20). The Bertz CT molecular complexity index is 476. The van der Waals surface area contributed by atoms with Gasteiger partial charge in [-0.1, -0.05) is 26.0 Å². The molecule has 1 amide bonds. The fourth-order valence-corrected chi connectivity index (χ4v) is 2.62. The number of hydrogen-bond donors (Lipinski definition) is 2.